The Kier molecular flexibility index (Phi) is 4.02. The standard InChI is InChI=1S/C14H15FN2O3/c1-9(2)17-7-12(6-16-17)20-8-10-5-11(15)3-4-13(10)14(18)19/h3-7,9H,8H2,1-2H3,(H,18,19). The van der Waals surface area contributed by atoms with Crippen LogP contribution < -0.4 is 4.74 Å². The van der Waals surface area contributed by atoms with Crippen LogP contribution in [-0.4, -0.2) is 20.9 Å². The topological polar surface area (TPSA) is 64.3 Å². The Balaban J connectivity index is 2.13. The zero-order chi connectivity index (χ0) is 14.7. The van der Waals surface area contributed by atoms with E-state index in [2.05, 4.69) is 5.10 Å². The number of nitrogens with zero attached hydrogens (tertiary/aromatic N) is 2. The van der Waals surface area contributed by atoms with Crippen LogP contribution in [0.25, 0.3) is 0 Å². The minimum atomic E-state index is -1.11. The lowest BCUT2D eigenvalue weighted by Gasteiger charge is -2.07. The van der Waals surface area contributed by atoms with E-state index in [4.69, 9.17) is 9.84 Å². The van der Waals surface area contributed by atoms with Gasteiger partial charge in [0.2, 0.25) is 0 Å². The molecule has 2 rings (SSSR count). The number of hydrogen-bond acceptors (Lipinski definition) is 3. The zero-order valence-corrected chi connectivity index (χ0v) is 11.2. The smallest absolute Gasteiger partial charge is 0.336 e. The number of halogens is 1. The van der Waals surface area contributed by atoms with Gasteiger partial charge in [0, 0.05) is 11.6 Å². The number of carboxylic acids is 1. The number of aromatic nitrogens is 2. The highest BCUT2D eigenvalue weighted by atomic mass is 19.1. The summed E-state index contributed by atoms with van der Waals surface area (Å²) in [4.78, 5) is 11.0. The average Bonchev–Trinajstić information content (AvgIpc) is 2.85. The van der Waals surface area contributed by atoms with Crippen molar-refractivity contribution in [1.29, 1.82) is 0 Å². The summed E-state index contributed by atoms with van der Waals surface area (Å²) in [6.45, 7) is 3.93. The summed E-state index contributed by atoms with van der Waals surface area (Å²) >= 11 is 0. The van der Waals surface area contributed by atoms with Crippen LogP contribution in [0.4, 0.5) is 4.39 Å². The Hall–Kier alpha value is -2.37. The molecule has 1 heterocycles. The van der Waals surface area contributed by atoms with Crippen molar-refractivity contribution in [1.82, 2.24) is 9.78 Å². The number of carboxylic acid groups (broad SMARTS) is 1. The van der Waals surface area contributed by atoms with Gasteiger partial charge in [0.15, 0.2) is 5.75 Å². The van der Waals surface area contributed by atoms with Crippen molar-refractivity contribution in [3.8, 4) is 5.75 Å². The Morgan fingerprint density at radius 1 is 1.50 bits per heavy atom. The van der Waals surface area contributed by atoms with Gasteiger partial charge in [-0.1, -0.05) is 0 Å². The number of aromatic carboxylic acids is 1. The van der Waals surface area contributed by atoms with Gasteiger partial charge < -0.3 is 9.84 Å². The van der Waals surface area contributed by atoms with Gasteiger partial charge in [-0.15, -0.1) is 0 Å². The fourth-order valence-electron chi connectivity index (χ4n) is 1.73. The number of hydrogen-bond donors (Lipinski definition) is 1. The Bertz CT molecular complexity index is 623. The van der Waals surface area contributed by atoms with E-state index in [-0.39, 0.29) is 23.8 Å². The van der Waals surface area contributed by atoms with Gasteiger partial charge in [-0.05, 0) is 32.0 Å². The second kappa shape index (κ2) is 5.73. The van der Waals surface area contributed by atoms with Crippen molar-refractivity contribution in [2.45, 2.75) is 26.5 Å². The van der Waals surface area contributed by atoms with Crippen LogP contribution in [0.3, 0.4) is 0 Å². The Morgan fingerprint density at radius 3 is 2.85 bits per heavy atom. The van der Waals surface area contributed by atoms with E-state index in [1.165, 1.54) is 6.07 Å². The maximum Gasteiger partial charge on any atom is 0.336 e. The lowest BCUT2D eigenvalue weighted by molar-refractivity contribution is 0.0694. The monoisotopic (exact) mass is 278 g/mol. The predicted octanol–water partition coefficient (Wildman–Crippen LogP) is 2.88. The van der Waals surface area contributed by atoms with Crippen molar-refractivity contribution in [3.63, 3.8) is 0 Å². The lowest BCUT2D eigenvalue weighted by atomic mass is 10.1. The summed E-state index contributed by atoms with van der Waals surface area (Å²) in [6, 6.07) is 3.71. The molecule has 0 saturated carbocycles. The van der Waals surface area contributed by atoms with Crippen LogP contribution in [0.15, 0.2) is 30.6 Å². The molecule has 6 heteroatoms. The van der Waals surface area contributed by atoms with E-state index in [0.717, 1.165) is 12.1 Å². The first kappa shape index (κ1) is 14.0. The third-order valence-corrected chi connectivity index (χ3v) is 2.80. The van der Waals surface area contributed by atoms with Crippen LogP contribution in [0.2, 0.25) is 0 Å². The molecule has 0 amide bonds. The Morgan fingerprint density at radius 2 is 2.25 bits per heavy atom. The number of benzene rings is 1. The quantitative estimate of drug-likeness (QED) is 0.913. The van der Waals surface area contributed by atoms with Crippen molar-refractivity contribution in [3.05, 3.63) is 47.5 Å². The zero-order valence-electron chi connectivity index (χ0n) is 11.2. The van der Waals surface area contributed by atoms with E-state index >= 15 is 0 Å². The van der Waals surface area contributed by atoms with Gasteiger partial charge in [-0.3, -0.25) is 4.68 Å². The molecule has 0 unspecified atom stereocenters. The maximum atomic E-state index is 13.2. The van der Waals surface area contributed by atoms with E-state index in [0.29, 0.717) is 5.75 Å². The van der Waals surface area contributed by atoms with Gasteiger partial charge in [0.05, 0.1) is 18.0 Å². The molecule has 0 bridgehead atoms. The molecule has 0 aliphatic rings. The third-order valence-electron chi connectivity index (χ3n) is 2.80. The molecule has 0 spiro atoms. The van der Waals surface area contributed by atoms with Gasteiger partial charge in [-0.25, -0.2) is 9.18 Å². The summed E-state index contributed by atoms with van der Waals surface area (Å²) in [5, 5.41) is 13.1. The van der Waals surface area contributed by atoms with Crippen LogP contribution in [-0.2, 0) is 6.61 Å². The summed E-state index contributed by atoms with van der Waals surface area (Å²) in [6.07, 6.45) is 3.25. The van der Waals surface area contributed by atoms with E-state index in [9.17, 15) is 9.18 Å². The lowest BCUT2D eigenvalue weighted by Crippen LogP contribution is -2.06. The first-order chi connectivity index (χ1) is 9.47. The van der Waals surface area contributed by atoms with Crippen LogP contribution in [0.5, 0.6) is 5.75 Å². The molecule has 1 N–H and O–H groups in total. The number of carbonyl (C=O) groups is 1. The second-order valence-corrected chi connectivity index (χ2v) is 4.65. The molecule has 0 atom stereocenters. The second-order valence-electron chi connectivity index (χ2n) is 4.65. The summed E-state index contributed by atoms with van der Waals surface area (Å²) in [5.74, 6) is -1.09. The van der Waals surface area contributed by atoms with E-state index in [1.807, 2.05) is 13.8 Å². The molecule has 0 aliphatic carbocycles. The molecule has 0 fully saturated rings. The van der Waals surface area contributed by atoms with Crippen molar-refractivity contribution >= 4 is 5.97 Å². The summed E-state index contributed by atoms with van der Waals surface area (Å²) in [5.41, 5.74) is 0.317. The first-order valence-corrected chi connectivity index (χ1v) is 6.16. The molecule has 0 saturated heterocycles. The maximum absolute atomic E-state index is 13.2. The highest BCUT2D eigenvalue weighted by Gasteiger charge is 2.12. The SMILES string of the molecule is CC(C)n1cc(OCc2cc(F)ccc2C(=O)O)cn1. The first-order valence-electron chi connectivity index (χ1n) is 6.16. The predicted molar refractivity (Wildman–Crippen MR) is 70.3 cm³/mol. The highest BCUT2D eigenvalue weighted by molar-refractivity contribution is 5.89. The van der Waals surface area contributed by atoms with Crippen LogP contribution in [0, 0.1) is 5.82 Å². The van der Waals surface area contributed by atoms with Gasteiger partial charge in [0.1, 0.15) is 12.4 Å². The summed E-state index contributed by atoms with van der Waals surface area (Å²) in [7, 11) is 0. The van der Waals surface area contributed by atoms with Crippen molar-refractivity contribution in [2.75, 3.05) is 0 Å². The van der Waals surface area contributed by atoms with Crippen molar-refractivity contribution in [2.24, 2.45) is 0 Å². The molecule has 106 valence electrons. The van der Waals surface area contributed by atoms with Crippen molar-refractivity contribution < 1.29 is 19.0 Å². The normalized spacial score (nSPS) is 10.8. The molecule has 0 radical (unpaired) electrons. The van der Waals surface area contributed by atoms with Crippen LogP contribution in [0.1, 0.15) is 35.8 Å². The highest BCUT2D eigenvalue weighted by Crippen LogP contribution is 2.17. The van der Waals surface area contributed by atoms with Gasteiger partial charge in [-0.2, -0.15) is 5.10 Å². The fraction of sp³-hybridized carbons (Fsp3) is 0.286. The van der Waals surface area contributed by atoms with E-state index < -0.39 is 11.8 Å². The molecule has 20 heavy (non-hydrogen) atoms. The molecule has 0 aliphatic heterocycles. The average molecular weight is 278 g/mol. The molecular weight excluding hydrogens is 263 g/mol. The van der Waals surface area contributed by atoms with Crippen LogP contribution >= 0.6 is 0 Å². The number of ether oxygens (including phenoxy) is 1. The van der Waals surface area contributed by atoms with Gasteiger partial charge >= 0.3 is 5.97 Å². The molecule has 1 aromatic carbocycles. The Labute approximate surface area is 115 Å². The van der Waals surface area contributed by atoms with E-state index in [1.54, 1.807) is 17.1 Å². The van der Waals surface area contributed by atoms with Gasteiger partial charge in [0.25, 0.3) is 0 Å². The molecule has 5 nitrogen and oxygen atoms in total. The fourth-order valence-corrected chi connectivity index (χ4v) is 1.73. The number of rotatable bonds is 5. The minimum Gasteiger partial charge on any atom is -0.486 e. The summed E-state index contributed by atoms with van der Waals surface area (Å²) < 4.78 is 20.4. The molecule has 1 aromatic heterocycles. The molecule has 2 aromatic rings. The largest absolute Gasteiger partial charge is 0.486 e. The molecular formula is C14H15FN2O3. The third kappa shape index (κ3) is 3.14. The minimum absolute atomic E-state index is 0.0246.